The van der Waals surface area contributed by atoms with Gasteiger partial charge < -0.3 is 10.8 Å². The molecule has 2 saturated carbocycles. The van der Waals surface area contributed by atoms with Crippen LogP contribution in [0, 0.1) is 17.8 Å². The second-order valence-corrected chi connectivity index (χ2v) is 4.62. The lowest BCUT2D eigenvalue weighted by molar-refractivity contribution is -0.139. The van der Waals surface area contributed by atoms with Gasteiger partial charge in [0.25, 0.3) is 0 Å². The fraction of sp³-hybridized carbons (Fsp3) is 0.900. The Morgan fingerprint density at radius 1 is 1.46 bits per heavy atom. The Labute approximate surface area is 78.3 Å². The molecule has 2 rings (SSSR count). The molecule has 2 aliphatic rings. The Morgan fingerprint density at radius 3 is 2.69 bits per heavy atom. The lowest BCUT2D eigenvalue weighted by Gasteiger charge is -2.22. The van der Waals surface area contributed by atoms with E-state index in [0.29, 0.717) is 12.3 Å². The number of rotatable bonds is 3. The van der Waals surface area contributed by atoms with Crippen LogP contribution >= 0.6 is 0 Å². The third kappa shape index (κ3) is 1.70. The van der Waals surface area contributed by atoms with Gasteiger partial charge in [0, 0.05) is 0 Å². The second kappa shape index (κ2) is 3.29. The molecule has 2 fully saturated rings. The van der Waals surface area contributed by atoms with Crippen molar-refractivity contribution in [3.05, 3.63) is 0 Å². The Bertz CT molecular complexity index is 217. The van der Waals surface area contributed by atoms with Crippen LogP contribution in [-0.4, -0.2) is 17.1 Å². The minimum absolute atomic E-state index is 0.602. The normalized spacial score (nSPS) is 39.3. The molecule has 74 valence electrons. The van der Waals surface area contributed by atoms with Crippen LogP contribution in [0.5, 0.6) is 0 Å². The molecule has 0 amide bonds. The van der Waals surface area contributed by atoms with E-state index in [9.17, 15) is 4.79 Å². The van der Waals surface area contributed by atoms with Crippen LogP contribution in [0.15, 0.2) is 0 Å². The molecule has 0 spiro atoms. The molecule has 0 aliphatic heterocycles. The summed E-state index contributed by atoms with van der Waals surface area (Å²) >= 11 is 0. The molecule has 3 nitrogen and oxygen atoms in total. The molecule has 2 aliphatic carbocycles. The number of hydrogen-bond donors (Lipinski definition) is 2. The zero-order valence-electron chi connectivity index (χ0n) is 7.78. The van der Waals surface area contributed by atoms with Crippen molar-refractivity contribution in [3.63, 3.8) is 0 Å². The molecule has 3 N–H and O–H groups in total. The van der Waals surface area contributed by atoms with Crippen LogP contribution in [0.25, 0.3) is 0 Å². The van der Waals surface area contributed by atoms with Crippen molar-refractivity contribution in [2.45, 2.75) is 38.1 Å². The second-order valence-electron chi connectivity index (χ2n) is 4.62. The number of carbonyl (C=O) groups is 1. The maximum Gasteiger partial charge on any atom is 0.320 e. The monoisotopic (exact) mass is 183 g/mol. The van der Waals surface area contributed by atoms with Gasteiger partial charge in [-0.05, 0) is 43.4 Å². The van der Waals surface area contributed by atoms with E-state index in [1.165, 1.54) is 25.7 Å². The minimum atomic E-state index is -0.845. The van der Waals surface area contributed by atoms with Crippen molar-refractivity contribution in [2.75, 3.05) is 0 Å². The van der Waals surface area contributed by atoms with Crippen LogP contribution in [0.3, 0.4) is 0 Å². The van der Waals surface area contributed by atoms with Gasteiger partial charge in [-0.3, -0.25) is 4.79 Å². The summed E-state index contributed by atoms with van der Waals surface area (Å²) in [5.41, 5.74) is 5.53. The van der Waals surface area contributed by atoms with Gasteiger partial charge in [-0.15, -0.1) is 0 Å². The lowest BCUT2D eigenvalue weighted by atomic mass is 9.84. The topological polar surface area (TPSA) is 63.3 Å². The minimum Gasteiger partial charge on any atom is -0.480 e. The zero-order valence-corrected chi connectivity index (χ0v) is 7.78. The predicted octanol–water partition coefficient (Wildman–Crippen LogP) is 1.22. The van der Waals surface area contributed by atoms with Gasteiger partial charge in [0.15, 0.2) is 0 Å². The fourth-order valence-corrected chi connectivity index (χ4v) is 3.09. The van der Waals surface area contributed by atoms with E-state index >= 15 is 0 Å². The number of hydrogen-bond acceptors (Lipinski definition) is 2. The highest BCUT2D eigenvalue weighted by molar-refractivity contribution is 5.73. The first-order valence-corrected chi connectivity index (χ1v) is 5.15. The molecular formula is C10H17NO2. The van der Waals surface area contributed by atoms with E-state index in [-0.39, 0.29) is 0 Å². The first-order valence-electron chi connectivity index (χ1n) is 5.15. The van der Waals surface area contributed by atoms with Crippen molar-refractivity contribution in [1.82, 2.24) is 0 Å². The number of aliphatic carboxylic acids is 1. The van der Waals surface area contributed by atoms with Crippen LogP contribution in [0.1, 0.15) is 32.1 Å². The molecule has 0 aromatic carbocycles. The molecule has 0 radical (unpaired) electrons. The van der Waals surface area contributed by atoms with Crippen LogP contribution in [0.4, 0.5) is 0 Å². The summed E-state index contributed by atoms with van der Waals surface area (Å²) in [5.74, 6) is 1.43. The highest BCUT2D eigenvalue weighted by Crippen LogP contribution is 2.49. The summed E-state index contributed by atoms with van der Waals surface area (Å²) in [6, 6.07) is -0.635. The van der Waals surface area contributed by atoms with E-state index in [2.05, 4.69) is 0 Å². The Hall–Kier alpha value is -0.570. The third-order valence-corrected chi connectivity index (χ3v) is 3.76. The van der Waals surface area contributed by atoms with Crippen molar-refractivity contribution in [1.29, 1.82) is 0 Å². The average Bonchev–Trinajstić information content (AvgIpc) is 2.64. The molecule has 2 bridgehead atoms. The van der Waals surface area contributed by atoms with Crippen LogP contribution in [0.2, 0.25) is 0 Å². The summed E-state index contributed by atoms with van der Waals surface area (Å²) in [6.07, 6.45) is 5.92. The quantitative estimate of drug-likeness (QED) is 0.691. The van der Waals surface area contributed by atoms with Gasteiger partial charge >= 0.3 is 5.97 Å². The summed E-state index contributed by atoms with van der Waals surface area (Å²) in [6.45, 7) is 0. The van der Waals surface area contributed by atoms with Crippen molar-refractivity contribution >= 4 is 5.97 Å². The van der Waals surface area contributed by atoms with Gasteiger partial charge in [-0.1, -0.05) is 6.42 Å². The van der Waals surface area contributed by atoms with E-state index in [1.54, 1.807) is 0 Å². The zero-order chi connectivity index (χ0) is 9.42. The molecule has 0 aromatic heterocycles. The van der Waals surface area contributed by atoms with Crippen LogP contribution < -0.4 is 5.73 Å². The number of fused-ring (bicyclic) bond motifs is 2. The molecule has 13 heavy (non-hydrogen) atoms. The SMILES string of the molecule is N[C@@H](CC1CC2CCC1C2)C(=O)O. The number of carboxylic acid groups (broad SMARTS) is 1. The molecular weight excluding hydrogens is 166 g/mol. The van der Waals surface area contributed by atoms with Crippen LogP contribution in [-0.2, 0) is 4.79 Å². The smallest absolute Gasteiger partial charge is 0.320 e. The van der Waals surface area contributed by atoms with E-state index in [4.69, 9.17) is 10.8 Å². The van der Waals surface area contributed by atoms with E-state index in [1.807, 2.05) is 0 Å². The highest BCUT2D eigenvalue weighted by Gasteiger charge is 2.40. The van der Waals surface area contributed by atoms with Gasteiger partial charge in [-0.2, -0.15) is 0 Å². The summed E-state index contributed by atoms with van der Waals surface area (Å²) in [7, 11) is 0. The molecule has 0 aromatic rings. The average molecular weight is 183 g/mol. The Kier molecular flexibility index (Phi) is 2.28. The first kappa shape index (κ1) is 9.00. The van der Waals surface area contributed by atoms with Crippen molar-refractivity contribution in [2.24, 2.45) is 23.5 Å². The highest BCUT2D eigenvalue weighted by atomic mass is 16.4. The molecule has 4 atom stereocenters. The van der Waals surface area contributed by atoms with Crippen molar-refractivity contribution < 1.29 is 9.90 Å². The third-order valence-electron chi connectivity index (χ3n) is 3.76. The fourth-order valence-electron chi connectivity index (χ4n) is 3.09. The summed E-state index contributed by atoms with van der Waals surface area (Å²) < 4.78 is 0. The standard InChI is InChI=1S/C10H17NO2/c11-9(10(12)13)5-8-4-6-1-2-7(8)3-6/h6-9H,1-5,11H2,(H,12,13)/t6?,7?,8?,9-/m0/s1. The maximum atomic E-state index is 10.6. The predicted molar refractivity (Wildman–Crippen MR) is 49.2 cm³/mol. The first-order chi connectivity index (χ1) is 6.16. The molecule has 3 heteroatoms. The summed E-state index contributed by atoms with van der Waals surface area (Å²) in [5, 5.41) is 8.69. The van der Waals surface area contributed by atoms with E-state index < -0.39 is 12.0 Å². The van der Waals surface area contributed by atoms with Gasteiger partial charge in [0.1, 0.15) is 6.04 Å². The number of carboxylic acids is 1. The van der Waals surface area contributed by atoms with Crippen molar-refractivity contribution in [3.8, 4) is 0 Å². The molecule has 0 saturated heterocycles. The Morgan fingerprint density at radius 2 is 2.23 bits per heavy atom. The molecule has 3 unspecified atom stereocenters. The van der Waals surface area contributed by atoms with Gasteiger partial charge in [0.2, 0.25) is 0 Å². The largest absolute Gasteiger partial charge is 0.480 e. The van der Waals surface area contributed by atoms with Gasteiger partial charge in [0.05, 0.1) is 0 Å². The van der Waals surface area contributed by atoms with E-state index in [0.717, 1.165) is 11.8 Å². The van der Waals surface area contributed by atoms with Gasteiger partial charge in [-0.25, -0.2) is 0 Å². The Balaban J connectivity index is 1.86. The summed E-state index contributed by atoms with van der Waals surface area (Å²) in [4.78, 5) is 10.6. The number of nitrogens with two attached hydrogens (primary N) is 1. The maximum absolute atomic E-state index is 10.6. The molecule has 0 heterocycles. The lowest BCUT2D eigenvalue weighted by Crippen LogP contribution is -2.33.